The molecule has 1 fully saturated rings. The lowest BCUT2D eigenvalue weighted by atomic mass is 9.98. The van der Waals surface area contributed by atoms with Crippen LogP contribution in [0.15, 0.2) is 24.3 Å². The van der Waals surface area contributed by atoms with E-state index in [-0.39, 0.29) is 5.54 Å². The van der Waals surface area contributed by atoms with Crippen LogP contribution in [0.3, 0.4) is 0 Å². The number of aryl methyl sites for hydroxylation is 1. The quantitative estimate of drug-likeness (QED) is 0.898. The Kier molecular flexibility index (Phi) is 2.90. The maximum atomic E-state index is 6.49. The maximum absolute atomic E-state index is 6.49. The number of hydrogen-bond donors (Lipinski definition) is 1. The average Bonchev–Trinajstić information content (AvgIpc) is 2.98. The fraction of sp³-hybridized carbons (Fsp3) is 0.467. The van der Waals surface area contributed by atoms with Gasteiger partial charge in [0, 0.05) is 12.6 Å². The van der Waals surface area contributed by atoms with Gasteiger partial charge in [0.25, 0.3) is 0 Å². The second kappa shape index (κ2) is 4.46. The first kappa shape index (κ1) is 12.4. The summed E-state index contributed by atoms with van der Waals surface area (Å²) in [5.74, 6) is 1.83. The van der Waals surface area contributed by atoms with Crippen molar-refractivity contribution in [2.45, 2.75) is 38.1 Å². The lowest BCUT2D eigenvalue weighted by molar-refractivity contribution is 0.417. The number of nitrogens with two attached hydrogens (primary N) is 1. The molecule has 19 heavy (non-hydrogen) atoms. The molecule has 1 aromatic heterocycles. The fourth-order valence-corrected chi connectivity index (χ4v) is 3.05. The lowest BCUT2D eigenvalue weighted by Gasteiger charge is -2.22. The zero-order valence-electron chi connectivity index (χ0n) is 11.6. The molecular formula is C15H20N4. The maximum Gasteiger partial charge on any atom is 0.164 e. The third-order valence-electron chi connectivity index (χ3n) is 4.20. The summed E-state index contributed by atoms with van der Waals surface area (Å²) in [5, 5.41) is 8.74. The van der Waals surface area contributed by atoms with E-state index in [0.29, 0.717) is 0 Å². The predicted octanol–water partition coefficient (Wildman–Crippen LogP) is 2.52. The van der Waals surface area contributed by atoms with E-state index in [1.165, 1.54) is 18.4 Å². The molecule has 1 aliphatic carbocycles. The summed E-state index contributed by atoms with van der Waals surface area (Å²) in [6, 6.07) is 8.25. The molecule has 0 saturated heterocycles. The highest BCUT2D eigenvalue weighted by molar-refractivity contribution is 5.60. The van der Waals surface area contributed by atoms with Gasteiger partial charge >= 0.3 is 0 Å². The Morgan fingerprint density at radius 1 is 1.16 bits per heavy atom. The van der Waals surface area contributed by atoms with Crippen LogP contribution in [-0.2, 0) is 12.6 Å². The Hall–Kier alpha value is -1.68. The van der Waals surface area contributed by atoms with Crippen LogP contribution in [-0.4, -0.2) is 14.8 Å². The van der Waals surface area contributed by atoms with Crippen LogP contribution in [0.1, 0.15) is 37.1 Å². The first-order chi connectivity index (χ1) is 9.12. The average molecular weight is 256 g/mol. The molecule has 0 radical (unpaired) electrons. The molecule has 1 saturated carbocycles. The van der Waals surface area contributed by atoms with Gasteiger partial charge in [-0.2, -0.15) is 0 Å². The summed E-state index contributed by atoms with van der Waals surface area (Å²) in [5.41, 5.74) is 8.54. The zero-order chi connectivity index (χ0) is 13.5. The Morgan fingerprint density at radius 2 is 1.84 bits per heavy atom. The van der Waals surface area contributed by atoms with Crippen LogP contribution < -0.4 is 5.73 Å². The molecule has 4 heteroatoms. The highest BCUT2D eigenvalue weighted by atomic mass is 15.3. The van der Waals surface area contributed by atoms with E-state index in [2.05, 4.69) is 33.8 Å². The molecule has 0 aliphatic heterocycles. The molecule has 1 aliphatic rings. The van der Waals surface area contributed by atoms with E-state index in [4.69, 9.17) is 5.73 Å². The van der Waals surface area contributed by atoms with Gasteiger partial charge in [0.15, 0.2) is 11.6 Å². The summed E-state index contributed by atoms with van der Waals surface area (Å²) in [4.78, 5) is 0. The van der Waals surface area contributed by atoms with Gasteiger partial charge in [0.05, 0.1) is 5.54 Å². The summed E-state index contributed by atoms with van der Waals surface area (Å²) in [6.45, 7) is 2.09. The minimum Gasteiger partial charge on any atom is -0.319 e. The lowest BCUT2D eigenvalue weighted by Crippen LogP contribution is -2.36. The number of aromatic nitrogens is 3. The van der Waals surface area contributed by atoms with Crippen LogP contribution in [0.25, 0.3) is 11.4 Å². The van der Waals surface area contributed by atoms with Crippen LogP contribution in [0.4, 0.5) is 0 Å². The van der Waals surface area contributed by atoms with Gasteiger partial charge in [-0.25, -0.2) is 0 Å². The van der Waals surface area contributed by atoms with Gasteiger partial charge in [-0.1, -0.05) is 37.1 Å². The van der Waals surface area contributed by atoms with E-state index >= 15 is 0 Å². The van der Waals surface area contributed by atoms with Crippen molar-refractivity contribution in [2.75, 3.05) is 0 Å². The van der Waals surface area contributed by atoms with Gasteiger partial charge in [0.1, 0.15) is 0 Å². The van der Waals surface area contributed by atoms with Crippen molar-refractivity contribution in [3.8, 4) is 11.4 Å². The molecule has 0 bridgehead atoms. The smallest absolute Gasteiger partial charge is 0.164 e. The topological polar surface area (TPSA) is 56.7 Å². The summed E-state index contributed by atoms with van der Waals surface area (Å²) < 4.78 is 2.06. The molecule has 1 heterocycles. The van der Waals surface area contributed by atoms with Gasteiger partial charge in [0.2, 0.25) is 0 Å². The molecular weight excluding hydrogens is 236 g/mol. The van der Waals surface area contributed by atoms with Crippen molar-refractivity contribution in [1.29, 1.82) is 0 Å². The molecule has 2 aromatic rings. The molecule has 3 rings (SSSR count). The molecule has 0 spiro atoms. The molecule has 100 valence electrons. The van der Waals surface area contributed by atoms with Crippen molar-refractivity contribution in [3.05, 3.63) is 35.7 Å². The third kappa shape index (κ3) is 1.96. The van der Waals surface area contributed by atoms with E-state index in [1.54, 1.807) is 0 Å². The number of benzene rings is 1. The minimum absolute atomic E-state index is 0.289. The predicted molar refractivity (Wildman–Crippen MR) is 75.5 cm³/mol. The SMILES string of the molecule is Cc1ccccc1-c1nnc(C2(N)CCCC2)n1C. The van der Waals surface area contributed by atoms with E-state index < -0.39 is 0 Å². The molecule has 4 nitrogen and oxygen atoms in total. The standard InChI is InChI=1S/C15H20N4/c1-11-7-3-4-8-12(11)13-17-18-14(19(13)2)15(16)9-5-6-10-15/h3-4,7-8H,5-6,9-10,16H2,1-2H3. The Labute approximate surface area is 113 Å². The molecule has 1 aromatic carbocycles. The first-order valence-corrected chi connectivity index (χ1v) is 6.86. The van der Waals surface area contributed by atoms with Gasteiger partial charge < -0.3 is 10.3 Å². The molecule has 0 amide bonds. The summed E-state index contributed by atoms with van der Waals surface area (Å²) >= 11 is 0. The zero-order valence-corrected chi connectivity index (χ0v) is 11.6. The second-order valence-electron chi connectivity index (χ2n) is 5.58. The van der Waals surface area contributed by atoms with Crippen molar-refractivity contribution in [2.24, 2.45) is 12.8 Å². The molecule has 0 unspecified atom stereocenters. The number of rotatable bonds is 2. The number of hydrogen-bond acceptors (Lipinski definition) is 3. The second-order valence-corrected chi connectivity index (χ2v) is 5.58. The van der Waals surface area contributed by atoms with E-state index in [1.807, 2.05) is 19.2 Å². The van der Waals surface area contributed by atoms with Crippen LogP contribution >= 0.6 is 0 Å². The Morgan fingerprint density at radius 3 is 2.53 bits per heavy atom. The van der Waals surface area contributed by atoms with Crippen molar-refractivity contribution in [1.82, 2.24) is 14.8 Å². The van der Waals surface area contributed by atoms with Gasteiger partial charge in [-0.15, -0.1) is 10.2 Å². The highest BCUT2D eigenvalue weighted by Crippen LogP contribution is 2.36. The van der Waals surface area contributed by atoms with Crippen molar-refractivity contribution >= 4 is 0 Å². The molecule has 2 N–H and O–H groups in total. The molecule has 0 atom stereocenters. The van der Waals surface area contributed by atoms with Gasteiger partial charge in [-0.05, 0) is 25.3 Å². The normalized spacial score (nSPS) is 17.8. The Bertz CT molecular complexity index is 594. The first-order valence-electron chi connectivity index (χ1n) is 6.86. The van der Waals surface area contributed by atoms with Crippen LogP contribution in [0, 0.1) is 6.92 Å². The van der Waals surface area contributed by atoms with Crippen molar-refractivity contribution < 1.29 is 0 Å². The van der Waals surface area contributed by atoms with Crippen LogP contribution in [0.2, 0.25) is 0 Å². The summed E-state index contributed by atoms with van der Waals surface area (Å²) in [6.07, 6.45) is 4.38. The number of nitrogens with zero attached hydrogens (tertiary/aromatic N) is 3. The largest absolute Gasteiger partial charge is 0.319 e. The monoisotopic (exact) mass is 256 g/mol. The Balaban J connectivity index is 2.07. The van der Waals surface area contributed by atoms with Gasteiger partial charge in [-0.3, -0.25) is 0 Å². The van der Waals surface area contributed by atoms with E-state index in [9.17, 15) is 0 Å². The highest BCUT2D eigenvalue weighted by Gasteiger charge is 2.36. The van der Waals surface area contributed by atoms with E-state index in [0.717, 1.165) is 30.1 Å². The van der Waals surface area contributed by atoms with Crippen molar-refractivity contribution in [3.63, 3.8) is 0 Å². The summed E-state index contributed by atoms with van der Waals surface area (Å²) in [7, 11) is 2.02. The van der Waals surface area contributed by atoms with Crippen LogP contribution in [0.5, 0.6) is 0 Å². The third-order valence-corrected chi connectivity index (χ3v) is 4.20. The fourth-order valence-electron chi connectivity index (χ4n) is 3.05. The minimum atomic E-state index is -0.289.